The number of nitrogens with two attached hydrogens (primary N) is 1. The monoisotopic (exact) mass is 251 g/mol. The summed E-state index contributed by atoms with van der Waals surface area (Å²) in [6, 6.07) is 0. The third kappa shape index (κ3) is 2.83. The second-order valence-electron chi connectivity index (χ2n) is 5.58. The molecule has 18 heavy (non-hydrogen) atoms. The maximum absolute atomic E-state index is 5.89. The van der Waals surface area contributed by atoms with Gasteiger partial charge in [0.2, 0.25) is 11.8 Å². The Labute approximate surface area is 108 Å². The minimum absolute atomic E-state index is 0.194. The molecule has 0 bridgehead atoms. The van der Waals surface area contributed by atoms with Crippen LogP contribution < -0.4 is 15.2 Å². The number of ether oxygens (including phenoxy) is 2. The number of methoxy groups -OCH3 is 1. The van der Waals surface area contributed by atoms with Crippen LogP contribution in [0.25, 0.3) is 0 Å². The van der Waals surface area contributed by atoms with Gasteiger partial charge in [-0.05, 0) is 31.1 Å². The number of nitrogen functional groups attached to an aromatic ring is 1. The lowest BCUT2D eigenvalue weighted by Gasteiger charge is -2.34. The van der Waals surface area contributed by atoms with Crippen molar-refractivity contribution in [2.45, 2.75) is 45.6 Å². The zero-order valence-corrected chi connectivity index (χ0v) is 11.3. The highest BCUT2D eigenvalue weighted by Gasteiger charge is 2.28. The fourth-order valence-corrected chi connectivity index (χ4v) is 2.27. The van der Waals surface area contributed by atoms with Gasteiger partial charge in [-0.15, -0.1) is 0 Å². The predicted octanol–water partition coefficient (Wildman–Crippen LogP) is 2.42. The van der Waals surface area contributed by atoms with E-state index in [1.165, 1.54) is 26.3 Å². The van der Waals surface area contributed by atoms with Gasteiger partial charge in [0, 0.05) is 0 Å². The van der Waals surface area contributed by atoms with Crippen LogP contribution in [0.1, 0.15) is 39.5 Å². The Balaban J connectivity index is 2.02. The van der Waals surface area contributed by atoms with Crippen LogP contribution in [0.15, 0.2) is 6.33 Å². The second kappa shape index (κ2) is 5.00. The topological polar surface area (TPSA) is 70.3 Å². The Kier molecular flexibility index (Phi) is 3.59. The fraction of sp³-hybridized carbons (Fsp3) is 0.692. The first-order valence-electron chi connectivity index (χ1n) is 6.33. The van der Waals surface area contributed by atoms with Crippen molar-refractivity contribution >= 4 is 5.69 Å². The van der Waals surface area contributed by atoms with Crippen molar-refractivity contribution in [3.05, 3.63) is 6.33 Å². The summed E-state index contributed by atoms with van der Waals surface area (Å²) in [6.07, 6.45) is 6.02. The highest BCUT2D eigenvalue weighted by Crippen LogP contribution is 2.37. The lowest BCUT2D eigenvalue weighted by molar-refractivity contribution is 0.0952. The molecule has 1 fully saturated rings. The van der Waals surface area contributed by atoms with Crippen LogP contribution in [-0.4, -0.2) is 23.2 Å². The molecule has 0 unspecified atom stereocenters. The molecule has 0 atom stereocenters. The minimum Gasteiger partial charge on any atom is -0.479 e. The quantitative estimate of drug-likeness (QED) is 0.893. The average Bonchev–Trinajstić information content (AvgIpc) is 2.34. The normalized spacial score (nSPS) is 19.5. The number of aromatic nitrogens is 2. The van der Waals surface area contributed by atoms with Crippen molar-refractivity contribution in [1.82, 2.24) is 9.97 Å². The highest BCUT2D eigenvalue weighted by atomic mass is 16.5. The number of rotatable bonds is 3. The van der Waals surface area contributed by atoms with Gasteiger partial charge in [-0.1, -0.05) is 13.8 Å². The Hall–Kier alpha value is -1.52. The Bertz CT molecular complexity index is 411. The van der Waals surface area contributed by atoms with Crippen molar-refractivity contribution in [3.8, 4) is 11.8 Å². The Morgan fingerprint density at radius 2 is 1.83 bits per heavy atom. The van der Waals surface area contributed by atoms with E-state index in [9.17, 15) is 0 Å². The molecule has 0 spiro atoms. The lowest BCUT2D eigenvalue weighted by atomic mass is 9.76. The first kappa shape index (κ1) is 12.9. The van der Waals surface area contributed by atoms with E-state index in [0.717, 1.165) is 12.8 Å². The van der Waals surface area contributed by atoms with Crippen LogP contribution in [-0.2, 0) is 0 Å². The molecule has 2 rings (SSSR count). The molecular weight excluding hydrogens is 230 g/mol. The summed E-state index contributed by atoms with van der Waals surface area (Å²) < 4.78 is 10.9. The largest absolute Gasteiger partial charge is 0.479 e. The molecular formula is C13H21N3O2. The molecule has 1 aliphatic rings. The number of anilines is 1. The fourth-order valence-electron chi connectivity index (χ4n) is 2.27. The van der Waals surface area contributed by atoms with Crippen LogP contribution in [0.4, 0.5) is 5.69 Å². The van der Waals surface area contributed by atoms with Gasteiger partial charge in [-0.25, -0.2) is 0 Å². The molecule has 0 amide bonds. The Morgan fingerprint density at radius 3 is 2.44 bits per heavy atom. The summed E-state index contributed by atoms with van der Waals surface area (Å²) in [5.41, 5.74) is 6.69. The number of nitrogens with zero attached hydrogens (tertiary/aromatic N) is 2. The zero-order chi connectivity index (χ0) is 13.2. The molecule has 1 aliphatic carbocycles. The molecule has 0 radical (unpaired) electrons. The van der Waals surface area contributed by atoms with Crippen molar-refractivity contribution in [2.75, 3.05) is 12.8 Å². The van der Waals surface area contributed by atoms with Crippen LogP contribution in [0.5, 0.6) is 11.8 Å². The van der Waals surface area contributed by atoms with Gasteiger partial charge >= 0.3 is 0 Å². The average molecular weight is 251 g/mol. The van der Waals surface area contributed by atoms with Gasteiger partial charge in [0.05, 0.1) is 7.11 Å². The number of hydrogen-bond donors (Lipinski definition) is 1. The van der Waals surface area contributed by atoms with E-state index in [1.54, 1.807) is 0 Å². The molecule has 0 aliphatic heterocycles. The van der Waals surface area contributed by atoms with E-state index >= 15 is 0 Å². The SMILES string of the molecule is COc1ncnc(OC2CCC(C)(C)CC2)c1N. The van der Waals surface area contributed by atoms with Gasteiger partial charge in [0.1, 0.15) is 12.4 Å². The third-order valence-electron chi connectivity index (χ3n) is 3.57. The standard InChI is InChI=1S/C13H21N3O2/c1-13(2)6-4-9(5-7-13)18-12-10(14)11(17-3)15-8-16-12/h8-9H,4-7,14H2,1-3H3. The van der Waals surface area contributed by atoms with Crippen LogP contribution >= 0.6 is 0 Å². The van der Waals surface area contributed by atoms with E-state index in [4.69, 9.17) is 15.2 Å². The van der Waals surface area contributed by atoms with E-state index in [2.05, 4.69) is 23.8 Å². The first-order chi connectivity index (χ1) is 8.52. The highest BCUT2D eigenvalue weighted by molar-refractivity contribution is 5.55. The van der Waals surface area contributed by atoms with Crippen LogP contribution in [0.2, 0.25) is 0 Å². The van der Waals surface area contributed by atoms with Gasteiger partial charge in [-0.2, -0.15) is 9.97 Å². The first-order valence-corrected chi connectivity index (χ1v) is 6.33. The predicted molar refractivity (Wildman–Crippen MR) is 69.7 cm³/mol. The molecule has 1 saturated carbocycles. The van der Waals surface area contributed by atoms with Gasteiger partial charge in [0.15, 0.2) is 5.69 Å². The molecule has 1 aromatic rings. The Morgan fingerprint density at radius 1 is 1.22 bits per heavy atom. The van der Waals surface area contributed by atoms with Crippen molar-refractivity contribution in [2.24, 2.45) is 5.41 Å². The summed E-state index contributed by atoms with van der Waals surface area (Å²) in [4.78, 5) is 8.01. The van der Waals surface area contributed by atoms with E-state index in [0.29, 0.717) is 22.9 Å². The maximum atomic E-state index is 5.89. The smallest absolute Gasteiger partial charge is 0.244 e. The molecule has 0 saturated heterocycles. The van der Waals surface area contributed by atoms with E-state index in [1.807, 2.05) is 0 Å². The third-order valence-corrected chi connectivity index (χ3v) is 3.57. The van der Waals surface area contributed by atoms with Crippen molar-refractivity contribution in [1.29, 1.82) is 0 Å². The minimum atomic E-state index is 0.194. The molecule has 2 N–H and O–H groups in total. The van der Waals surface area contributed by atoms with Crippen molar-refractivity contribution in [3.63, 3.8) is 0 Å². The van der Waals surface area contributed by atoms with E-state index in [-0.39, 0.29) is 6.10 Å². The molecule has 1 heterocycles. The maximum Gasteiger partial charge on any atom is 0.244 e. The molecule has 5 nitrogen and oxygen atoms in total. The number of hydrogen-bond acceptors (Lipinski definition) is 5. The van der Waals surface area contributed by atoms with Crippen LogP contribution in [0.3, 0.4) is 0 Å². The second-order valence-corrected chi connectivity index (χ2v) is 5.58. The van der Waals surface area contributed by atoms with E-state index < -0.39 is 0 Å². The molecule has 100 valence electrons. The van der Waals surface area contributed by atoms with Crippen molar-refractivity contribution < 1.29 is 9.47 Å². The summed E-state index contributed by atoms with van der Waals surface area (Å²) in [5, 5.41) is 0. The lowest BCUT2D eigenvalue weighted by Crippen LogP contribution is -2.28. The van der Waals surface area contributed by atoms with Gasteiger partial charge in [0.25, 0.3) is 0 Å². The summed E-state index contributed by atoms with van der Waals surface area (Å²) in [7, 11) is 1.53. The molecule has 0 aromatic carbocycles. The summed E-state index contributed by atoms with van der Waals surface area (Å²) in [6.45, 7) is 4.59. The summed E-state index contributed by atoms with van der Waals surface area (Å²) >= 11 is 0. The zero-order valence-electron chi connectivity index (χ0n) is 11.3. The molecule has 1 aromatic heterocycles. The van der Waals surface area contributed by atoms with Crippen LogP contribution in [0, 0.1) is 5.41 Å². The van der Waals surface area contributed by atoms with Gasteiger partial charge in [-0.3, -0.25) is 0 Å². The molecule has 5 heteroatoms. The van der Waals surface area contributed by atoms with Gasteiger partial charge < -0.3 is 15.2 Å². The summed E-state index contributed by atoms with van der Waals surface area (Å²) in [5.74, 6) is 0.808.